The Morgan fingerprint density at radius 1 is 1.42 bits per heavy atom. The van der Waals surface area contributed by atoms with Crippen molar-refractivity contribution in [2.75, 3.05) is 20.7 Å². The van der Waals surface area contributed by atoms with Crippen molar-refractivity contribution in [2.24, 2.45) is 0 Å². The van der Waals surface area contributed by atoms with E-state index in [2.05, 4.69) is 32.0 Å². The summed E-state index contributed by atoms with van der Waals surface area (Å²) in [6.45, 7) is 5.51. The highest BCUT2D eigenvalue weighted by molar-refractivity contribution is 5.66. The summed E-state index contributed by atoms with van der Waals surface area (Å²) in [6.07, 6.45) is 0.156. The van der Waals surface area contributed by atoms with Gasteiger partial charge in [0.2, 0.25) is 0 Å². The molecule has 106 valence electrons. The second-order valence-electron chi connectivity index (χ2n) is 5.11. The summed E-state index contributed by atoms with van der Waals surface area (Å²) in [6, 6.07) is 6.23. The van der Waals surface area contributed by atoms with Gasteiger partial charge in [0.05, 0.1) is 13.5 Å². The maximum absolute atomic E-state index is 10.5. The minimum Gasteiger partial charge on any atom is -0.496 e. The Kier molecular flexibility index (Phi) is 5.83. The van der Waals surface area contributed by atoms with Gasteiger partial charge in [-0.2, -0.15) is 0 Å². The maximum atomic E-state index is 10.5. The summed E-state index contributed by atoms with van der Waals surface area (Å²) in [5.41, 5.74) is 2.33. The molecule has 0 heterocycles. The van der Waals surface area contributed by atoms with Gasteiger partial charge in [-0.25, -0.2) is 0 Å². The molecule has 1 rings (SSSR count). The first-order chi connectivity index (χ1) is 8.93. The van der Waals surface area contributed by atoms with E-state index in [9.17, 15) is 4.79 Å². The monoisotopic (exact) mass is 265 g/mol. The predicted molar refractivity (Wildman–Crippen MR) is 75.7 cm³/mol. The largest absolute Gasteiger partial charge is 0.496 e. The van der Waals surface area contributed by atoms with Gasteiger partial charge in [0.1, 0.15) is 5.75 Å². The Morgan fingerprint density at radius 2 is 2.11 bits per heavy atom. The molecule has 0 amide bonds. The smallest absolute Gasteiger partial charge is 0.304 e. The zero-order valence-electron chi connectivity index (χ0n) is 12.1. The normalized spacial score (nSPS) is 11.1. The topological polar surface area (TPSA) is 49.8 Å². The summed E-state index contributed by atoms with van der Waals surface area (Å²) in [4.78, 5) is 12.5. The molecule has 4 nitrogen and oxygen atoms in total. The number of methoxy groups -OCH3 is 1. The Labute approximate surface area is 115 Å². The van der Waals surface area contributed by atoms with E-state index in [0.29, 0.717) is 19.0 Å². The van der Waals surface area contributed by atoms with Gasteiger partial charge in [-0.05, 0) is 24.6 Å². The van der Waals surface area contributed by atoms with Gasteiger partial charge in [0, 0.05) is 18.7 Å². The van der Waals surface area contributed by atoms with Crippen LogP contribution in [0.3, 0.4) is 0 Å². The van der Waals surface area contributed by atoms with E-state index >= 15 is 0 Å². The zero-order chi connectivity index (χ0) is 14.4. The Hall–Kier alpha value is -1.55. The number of nitrogens with zero attached hydrogens (tertiary/aromatic N) is 1. The summed E-state index contributed by atoms with van der Waals surface area (Å²) in [5, 5.41) is 8.68. The molecule has 19 heavy (non-hydrogen) atoms. The van der Waals surface area contributed by atoms with E-state index in [4.69, 9.17) is 9.84 Å². The fourth-order valence-corrected chi connectivity index (χ4v) is 1.91. The number of aliphatic carboxylic acids is 1. The third-order valence-electron chi connectivity index (χ3n) is 3.13. The minimum atomic E-state index is -0.769. The lowest BCUT2D eigenvalue weighted by Crippen LogP contribution is -2.21. The van der Waals surface area contributed by atoms with Crippen molar-refractivity contribution in [3.05, 3.63) is 29.3 Å². The molecule has 0 saturated heterocycles. The second-order valence-corrected chi connectivity index (χ2v) is 5.11. The molecule has 0 atom stereocenters. The number of carboxylic acids is 1. The Morgan fingerprint density at radius 3 is 2.63 bits per heavy atom. The number of hydrogen-bond acceptors (Lipinski definition) is 3. The predicted octanol–water partition coefficient (Wildman–Crippen LogP) is 2.73. The van der Waals surface area contributed by atoms with Crippen LogP contribution in [0.15, 0.2) is 18.2 Å². The van der Waals surface area contributed by atoms with E-state index in [-0.39, 0.29) is 6.42 Å². The molecule has 1 N–H and O–H groups in total. The molecular formula is C15H23NO3. The quantitative estimate of drug-likeness (QED) is 0.823. The van der Waals surface area contributed by atoms with Gasteiger partial charge in [-0.1, -0.05) is 26.0 Å². The van der Waals surface area contributed by atoms with Gasteiger partial charge in [-0.3, -0.25) is 4.79 Å². The zero-order valence-corrected chi connectivity index (χ0v) is 12.1. The summed E-state index contributed by atoms with van der Waals surface area (Å²) >= 11 is 0. The van der Waals surface area contributed by atoms with Crippen LogP contribution in [0.1, 0.15) is 37.3 Å². The molecular weight excluding hydrogens is 242 g/mol. The van der Waals surface area contributed by atoms with Gasteiger partial charge < -0.3 is 14.7 Å². The van der Waals surface area contributed by atoms with E-state index in [0.717, 1.165) is 11.3 Å². The van der Waals surface area contributed by atoms with Crippen LogP contribution < -0.4 is 4.74 Å². The van der Waals surface area contributed by atoms with Crippen molar-refractivity contribution in [1.82, 2.24) is 4.90 Å². The van der Waals surface area contributed by atoms with Gasteiger partial charge >= 0.3 is 5.97 Å². The molecule has 0 aromatic heterocycles. The summed E-state index contributed by atoms with van der Waals surface area (Å²) in [5.74, 6) is 0.565. The summed E-state index contributed by atoms with van der Waals surface area (Å²) < 4.78 is 5.42. The van der Waals surface area contributed by atoms with Crippen LogP contribution in [-0.4, -0.2) is 36.7 Å². The maximum Gasteiger partial charge on any atom is 0.304 e. The first kappa shape index (κ1) is 15.5. The van der Waals surface area contributed by atoms with Gasteiger partial charge in [0.25, 0.3) is 0 Å². The molecule has 0 radical (unpaired) electrons. The fourth-order valence-electron chi connectivity index (χ4n) is 1.91. The van der Waals surface area contributed by atoms with Crippen molar-refractivity contribution in [1.29, 1.82) is 0 Å². The van der Waals surface area contributed by atoms with Crippen molar-refractivity contribution in [3.8, 4) is 5.75 Å². The van der Waals surface area contributed by atoms with E-state index in [1.54, 1.807) is 7.11 Å². The van der Waals surface area contributed by atoms with Crippen LogP contribution in [0.5, 0.6) is 5.75 Å². The number of rotatable bonds is 7. The molecule has 0 bridgehead atoms. The number of carbonyl (C=O) groups is 1. The number of carboxylic acid groups (broad SMARTS) is 1. The average molecular weight is 265 g/mol. The lowest BCUT2D eigenvalue weighted by molar-refractivity contribution is -0.137. The fraction of sp³-hybridized carbons (Fsp3) is 0.533. The Bertz CT molecular complexity index is 429. The molecule has 0 fully saturated rings. The standard InChI is InChI=1S/C15H23NO3/c1-11(2)12-5-6-13(14(9-12)19-4)10-16(3)8-7-15(17)18/h5-6,9,11H,7-8,10H2,1-4H3,(H,17,18). The lowest BCUT2D eigenvalue weighted by atomic mass is 10.0. The third kappa shape index (κ3) is 4.91. The van der Waals surface area contributed by atoms with E-state index in [1.807, 2.05) is 11.9 Å². The minimum absolute atomic E-state index is 0.156. The highest BCUT2D eigenvalue weighted by atomic mass is 16.5. The molecule has 0 aliphatic carbocycles. The van der Waals surface area contributed by atoms with Crippen molar-refractivity contribution >= 4 is 5.97 Å². The van der Waals surface area contributed by atoms with Crippen LogP contribution in [0.4, 0.5) is 0 Å². The molecule has 0 spiro atoms. The molecule has 0 unspecified atom stereocenters. The third-order valence-corrected chi connectivity index (χ3v) is 3.13. The number of hydrogen-bond donors (Lipinski definition) is 1. The molecule has 4 heteroatoms. The first-order valence-electron chi connectivity index (χ1n) is 6.51. The van der Waals surface area contributed by atoms with Gasteiger partial charge in [-0.15, -0.1) is 0 Å². The van der Waals surface area contributed by atoms with Crippen LogP contribution in [0.2, 0.25) is 0 Å². The molecule has 1 aromatic rings. The van der Waals surface area contributed by atoms with Crippen LogP contribution in [-0.2, 0) is 11.3 Å². The first-order valence-corrected chi connectivity index (χ1v) is 6.51. The van der Waals surface area contributed by atoms with E-state index in [1.165, 1.54) is 5.56 Å². The highest BCUT2D eigenvalue weighted by Gasteiger charge is 2.10. The molecule has 0 aliphatic rings. The number of ether oxygens (including phenoxy) is 1. The van der Waals surface area contributed by atoms with Crippen LogP contribution in [0.25, 0.3) is 0 Å². The number of benzene rings is 1. The Balaban J connectivity index is 2.74. The average Bonchev–Trinajstić information content (AvgIpc) is 2.36. The van der Waals surface area contributed by atoms with Crippen LogP contribution in [0, 0.1) is 0 Å². The van der Waals surface area contributed by atoms with Crippen molar-refractivity contribution in [2.45, 2.75) is 32.7 Å². The van der Waals surface area contributed by atoms with Crippen molar-refractivity contribution in [3.63, 3.8) is 0 Å². The second kappa shape index (κ2) is 7.14. The van der Waals surface area contributed by atoms with Crippen molar-refractivity contribution < 1.29 is 14.6 Å². The van der Waals surface area contributed by atoms with Gasteiger partial charge in [0.15, 0.2) is 0 Å². The highest BCUT2D eigenvalue weighted by Crippen LogP contribution is 2.25. The molecule has 0 saturated carbocycles. The molecule has 0 aliphatic heterocycles. The van der Waals surface area contributed by atoms with E-state index < -0.39 is 5.97 Å². The lowest BCUT2D eigenvalue weighted by Gasteiger charge is -2.18. The summed E-state index contributed by atoms with van der Waals surface area (Å²) in [7, 11) is 3.58. The van der Waals surface area contributed by atoms with Crippen LogP contribution >= 0.6 is 0 Å². The SMILES string of the molecule is COc1cc(C(C)C)ccc1CN(C)CCC(=O)O. The molecule has 1 aromatic carbocycles.